The van der Waals surface area contributed by atoms with Crippen molar-refractivity contribution in [3.8, 4) is 0 Å². The van der Waals surface area contributed by atoms with Gasteiger partial charge in [0.1, 0.15) is 11.2 Å². The summed E-state index contributed by atoms with van der Waals surface area (Å²) in [6.45, 7) is 6.99. The zero-order chi connectivity index (χ0) is 23.5. The first-order valence-corrected chi connectivity index (χ1v) is 11.9. The molecule has 1 aromatic heterocycles. The van der Waals surface area contributed by atoms with Crippen LogP contribution in [0.3, 0.4) is 0 Å². The van der Waals surface area contributed by atoms with Crippen LogP contribution in [0.5, 0.6) is 0 Å². The molecule has 2 heterocycles. The van der Waals surface area contributed by atoms with Crippen LogP contribution < -0.4 is 10.6 Å². The second-order valence-electron chi connectivity index (χ2n) is 8.68. The van der Waals surface area contributed by atoms with Gasteiger partial charge in [0, 0.05) is 31.1 Å². The van der Waals surface area contributed by atoms with Gasteiger partial charge in [0.15, 0.2) is 5.69 Å². The standard InChI is InChI=1S/C23H31N5O3S/c1-15(2)10-11-24-22(31)23(3)14-28-19(21(30)27(23)4)12-18(26-28)20(29)25-13-16-6-8-17(32-5)9-7-16/h6-9,12,15H,10-11,13-14H2,1-5H3,(H,24,31)(H,25,29)/t23-/m1/s1. The Kier molecular flexibility index (Phi) is 7.28. The number of hydrogen-bond acceptors (Lipinski definition) is 5. The fourth-order valence-electron chi connectivity index (χ4n) is 3.52. The molecule has 0 fully saturated rings. The molecule has 8 nitrogen and oxygen atoms in total. The van der Waals surface area contributed by atoms with Crippen LogP contribution in [-0.4, -0.2) is 57.8 Å². The van der Waals surface area contributed by atoms with Gasteiger partial charge in [-0.15, -0.1) is 11.8 Å². The van der Waals surface area contributed by atoms with Gasteiger partial charge in [-0.1, -0.05) is 26.0 Å². The SMILES string of the molecule is CSc1ccc(CNC(=O)c2cc3n(n2)C[C@](C)(C(=O)NCCC(C)C)N(C)C3=O)cc1. The summed E-state index contributed by atoms with van der Waals surface area (Å²) in [6, 6.07) is 9.42. The Balaban J connectivity index is 1.70. The van der Waals surface area contributed by atoms with E-state index in [0.29, 0.717) is 24.7 Å². The first-order valence-electron chi connectivity index (χ1n) is 10.7. The highest BCUT2D eigenvalue weighted by Crippen LogP contribution is 2.26. The van der Waals surface area contributed by atoms with E-state index in [4.69, 9.17) is 0 Å². The molecule has 0 bridgehead atoms. The minimum absolute atomic E-state index is 0.159. The Labute approximate surface area is 193 Å². The van der Waals surface area contributed by atoms with E-state index in [1.807, 2.05) is 30.5 Å². The van der Waals surface area contributed by atoms with Crippen LogP contribution in [-0.2, 0) is 17.9 Å². The number of carbonyl (C=O) groups is 3. The molecule has 3 amide bonds. The minimum atomic E-state index is -1.08. The Morgan fingerprint density at radius 1 is 1.22 bits per heavy atom. The topological polar surface area (TPSA) is 96.3 Å². The molecular formula is C23H31N5O3S. The number of fused-ring (bicyclic) bond motifs is 1. The highest BCUT2D eigenvalue weighted by molar-refractivity contribution is 7.98. The molecule has 0 saturated heterocycles. The third-order valence-corrected chi connectivity index (χ3v) is 6.59. The average molecular weight is 458 g/mol. The Bertz CT molecular complexity index is 1000. The lowest BCUT2D eigenvalue weighted by atomic mass is 9.95. The van der Waals surface area contributed by atoms with Gasteiger partial charge in [-0.25, -0.2) is 0 Å². The van der Waals surface area contributed by atoms with Gasteiger partial charge in [0.2, 0.25) is 5.91 Å². The van der Waals surface area contributed by atoms with Crippen molar-refractivity contribution in [2.45, 2.75) is 50.7 Å². The molecule has 1 aliphatic heterocycles. The molecule has 0 saturated carbocycles. The van der Waals surface area contributed by atoms with Crippen LogP contribution in [0.25, 0.3) is 0 Å². The van der Waals surface area contributed by atoms with E-state index in [9.17, 15) is 14.4 Å². The molecule has 1 atom stereocenters. The number of carbonyl (C=O) groups excluding carboxylic acids is 3. The molecule has 1 aliphatic rings. The second-order valence-corrected chi connectivity index (χ2v) is 9.56. The number of aromatic nitrogens is 2. The van der Waals surface area contributed by atoms with Crippen LogP contribution >= 0.6 is 11.8 Å². The van der Waals surface area contributed by atoms with E-state index in [0.717, 1.165) is 16.9 Å². The van der Waals surface area contributed by atoms with Crippen LogP contribution in [0.2, 0.25) is 0 Å². The zero-order valence-electron chi connectivity index (χ0n) is 19.3. The lowest BCUT2D eigenvalue weighted by Gasteiger charge is -2.40. The molecule has 0 unspecified atom stereocenters. The third kappa shape index (κ3) is 4.98. The average Bonchev–Trinajstić information content (AvgIpc) is 3.19. The van der Waals surface area contributed by atoms with E-state index < -0.39 is 5.54 Å². The molecule has 3 rings (SSSR count). The van der Waals surface area contributed by atoms with Gasteiger partial charge in [0.25, 0.3) is 11.8 Å². The summed E-state index contributed by atoms with van der Waals surface area (Å²) >= 11 is 1.66. The van der Waals surface area contributed by atoms with Crippen molar-refractivity contribution in [2.75, 3.05) is 19.8 Å². The molecule has 1 aromatic carbocycles. The maximum atomic E-state index is 12.9. The first-order chi connectivity index (χ1) is 15.2. The van der Waals surface area contributed by atoms with E-state index in [1.165, 1.54) is 15.6 Å². The summed E-state index contributed by atoms with van der Waals surface area (Å²) in [5.41, 5.74) is 0.350. The Morgan fingerprint density at radius 3 is 2.53 bits per heavy atom. The minimum Gasteiger partial charge on any atom is -0.354 e. The highest BCUT2D eigenvalue weighted by atomic mass is 32.2. The smallest absolute Gasteiger partial charge is 0.272 e. The summed E-state index contributed by atoms with van der Waals surface area (Å²) in [7, 11) is 1.61. The van der Waals surface area contributed by atoms with E-state index >= 15 is 0 Å². The van der Waals surface area contributed by atoms with E-state index in [1.54, 1.807) is 25.7 Å². The van der Waals surface area contributed by atoms with Gasteiger partial charge in [0.05, 0.1) is 6.54 Å². The Hall–Kier alpha value is -2.81. The summed E-state index contributed by atoms with van der Waals surface area (Å²) in [5, 5.41) is 10.1. The van der Waals surface area contributed by atoms with Crippen molar-refractivity contribution < 1.29 is 14.4 Å². The van der Waals surface area contributed by atoms with Crippen LogP contribution in [0.4, 0.5) is 0 Å². The van der Waals surface area contributed by atoms with E-state index in [-0.39, 0.29) is 30.0 Å². The molecule has 172 valence electrons. The number of thioether (sulfide) groups is 1. The number of nitrogens with one attached hydrogen (secondary N) is 2. The summed E-state index contributed by atoms with van der Waals surface area (Å²) in [5.74, 6) is -0.456. The molecule has 32 heavy (non-hydrogen) atoms. The van der Waals surface area contributed by atoms with Gasteiger partial charge in [-0.2, -0.15) is 5.10 Å². The summed E-state index contributed by atoms with van der Waals surface area (Å²) in [6.07, 6.45) is 2.87. The van der Waals surface area contributed by atoms with Gasteiger partial charge >= 0.3 is 0 Å². The number of nitrogens with zero attached hydrogens (tertiary/aromatic N) is 3. The number of hydrogen-bond donors (Lipinski definition) is 2. The molecule has 0 radical (unpaired) electrons. The zero-order valence-corrected chi connectivity index (χ0v) is 20.1. The molecule has 0 aliphatic carbocycles. The van der Waals surface area contributed by atoms with Crippen molar-refractivity contribution in [1.29, 1.82) is 0 Å². The molecular weight excluding hydrogens is 426 g/mol. The summed E-state index contributed by atoms with van der Waals surface area (Å²) in [4.78, 5) is 41.1. The van der Waals surface area contributed by atoms with Gasteiger partial charge in [-0.3, -0.25) is 19.1 Å². The highest BCUT2D eigenvalue weighted by Gasteiger charge is 2.46. The molecule has 9 heteroatoms. The van der Waals surface area contributed by atoms with Crippen LogP contribution in [0.1, 0.15) is 53.7 Å². The first kappa shape index (κ1) is 23.8. The fourth-order valence-corrected chi connectivity index (χ4v) is 3.93. The molecule has 0 spiro atoms. The van der Waals surface area contributed by atoms with Crippen molar-refractivity contribution in [2.24, 2.45) is 5.92 Å². The predicted molar refractivity (Wildman–Crippen MR) is 125 cm³/mol. The van der Waals surface area contributed by atoms with Crippen molar-refractivity contribution in [3.05, 3.63) is 47.3 Å². The molecule has 2 N–H and O–H groups in total. The largest absolute Gasteiger partial charge is 0.354 e. The maximum absolute atomic E-state index is 12.9. The normalized spacial score (nSPS) is 17.9. The van der Waals surface area contributed by atoms with Gasteiger partial charge in [-0.05, 0) is 43.2 Å². The van der Waals surface area contributed by atoms with Crippen LogP contribution in [0, 0.1) is 5.92 Å². The fraction of sp³-hybridized carbons (Fsp3) is 0.478. The number of benzene rings is 1. The third-order valence-electron chi connectivity index (χ3n) is 5.84. The van der Waals surface area contributed by atoms with E-state index in [2.05, 4.69) is 29.6 Å². The maximum Gasteiger partial charge on any atom is 0.272 e. The van der Waals surface area contributed by atoms with Crippen molar-refractivity contribution in [1.82, 2.24) is 25.3 Å². The van der Waals surface area contributed by atoms with Crippen molar-refractivity contribution in [3.63, 3.8) is 0 Å². The molecule has 2 aromatic rings. The van der Waals surface area contributed by atoms with Crippen LogP contribution in [0.15, 0.2) is 35.2 Å². The number of amides is 3. The lowest BCUT2D eigenvalue weighted by molar-refractivity contribution is -0.132. The van der Waals surface area contributed by atoms with Crippen molar-refractivity contribution >= 4 is 29.5 Å². The summed E-state index contributed by atoms with van der Waals surface area (Å²) < 4.78 is 1.46. The Morgan fingerprint density at radius 2 is 1.91 bits per heavy atom. The lowest BCUT2D eigenvalue weighted by Crippen LogP contribution is -2.62. The number of rotatable bonds is 8. The van der Waals surface area contributed by atoms with Gasteiger partial charge < -0.3 is 15.5 Å². The number of likely N-dealkylation sites (N-methyl/N-ethyl adjacent to an activating group) is 1. The quantitative estimate of drug-likeness (QED) is 0.594. The monoisotopic (exact) mass is 457 g/mol. The predicted octanol–water partition coefficient (Wildman–Crippen LogP) is 2.54. The second kappa shape index (κ2) is 9.77.